The number of amides is 1. The molecule has 10 heteroatoms. The number of fused-ring (bicyclic) bond motifs is 1. The molecule has 0 bridgehead atoms. The van der Waals surface area contributed by atoms with Gasteiger partial charge in [-0.3, -0.25) is 9.59 Å². The number of rotatable bonds is 7. The predicted molar refractivity (Wildman–Crippen MR) is 152 cm³/mol. The maximum absolute atomic E-state index is 14.6. The van der Waals surface area contributed by atoms with Crippen molar-refractivity contribution >= 4 is 40.6 Å². The number of benzene rings is 2. The van der Waals surface area contributed by atoms with E-state index in [0.29, 0.717) is 33.6 Å². The molecule has 2 heterocycles. The second kappa shape index (κ2) is 10.9. The number of methoxy groups -OCH3 is 2. The van der Waals surface area contributed by atoms with Gasteiger partial charge in [0.25, 0.3) is 5.91 Å². The van der Waals surface area contributed by atoms with Crippen molar-refractivity contribution in [2.45, 2.75) is 32.1 Å². The van der Waals surface area contributed by atoms with E-state index >= 15 is 0 Å². The predicted octanol–water partition coefficient (Wildman–Crippen LogP) is 6.97. The summed E-state index contributed by atoms with van der Waals surface area (Å²) in [7, 11) is 3.02. The molecule has 0 aliphatic heterocycles. The van der Waals surface area contributed by atoms with Crippen LogP contribution in [0.25, 0.3) is 5.69 Å². The Morgan fingerprint density at radius 1 is 1.10 bits per heavy atom. The number of anilines is 1. The Labute approximate surface area is 240 Å². The monoisotopic (exact) mass is 581 g/mol. The summed E-state index contributed by atoms with van der Waals surface area (Å²) in [5.41, 5.74) is 3.50. The first kappa shape index (κ1) is 27.7. The molecule has 7 nitrogen and oxygen atoms in total. The SMILES string of the molecule is COc1cc(OC)c(-n2cc(C(=O)Nc3cc(Cl)ccc3F)c(C3C(=O)Cc4cc(Cl)ccc43)c2C(C)C)cn1. The standard InChI is InChI=1S/C30H26Cl2FN3O4/c1-15(2)29-28(27-19-7-5-17(31)9-16(19)10-24(27)37)20(30(38)35-22-11-18(32)6-8-21(22)33)14-36(29)23-13-34-26(40-4)12-25(23)39-3/h5-9,11-15,27H,10H2,1-4H3,(H,35,38). The average Bonchev–Trinajstić information content (AvgIpc) is 3.46. The van der Waals surface area contributed by atoms with E-state index in [4.69, 9.17) is 32.7 Å². The molecule has 2 aromatic heterocycles. The number of ketones is 1. The van der Waals surface area contributed by atoms with Gasteiger partial charge in [-0.05, 0) is 47.4 Å². The molecule has 206 valence electrons. The summed E-state index contributed by atoms with van der Waals surface area (Å²) in [6.07, 6.45) is 3.39. The number of carbonyl (C=O) groups is 2. The lowest BCUT2D eigenvalue weighted by Gasteiger charge is -2.20. The Balaban J connectivity index is 1.76. The van der Waals surface area contributed by atoms with Crippen molar-refractivity contribution in [1.82, 2.24) is 9.55 Å². The quantitative estimate of drug-likeness (QED) is 0.255. The lowest BCUT2D eigenvalue weighted by atomic mass is 9.86. The normalized spacial score (nSPS) is 14.4. The molecular formula is C30H26Cl2FN3O4. The summed E-state index contributed by atoms with van der Waals surface area (Å²) in [5, 5.41) is 3.44. The van der Waals surface area contributed by atoms with Gasteiger partial charge in [0.15, 0.2) is 0 Å². The van der Waals surface area contributed by atoms with Crippen molar-refractivity contribution < 1.29 is 23.5 Å². The topological polar surface area (TPSA) is 82.5 Å². The fourth-order valence-corrected chi connectivity index (χ4v) is 5.61. The Hall–Kier alpha value is -3.88. The minimum absolute atomic E-state index is 0.0697. The molecule has 40 heavy (non-hydrogen) atoms. The number of halogens is 3. The van der Waals surface area contributed by atoms with Crippen LogP contribution in [0.5, 0.6) is 11.6 Å². The van der Waals surface area contributed by atoms with Crippen molar-refractivity contribution in [1.29, 1.82) is 0 Å². The largest absolute Gasteiger partial charge is 0.494 e. The number of nitrogens with one attached hydrogen (secondary N) is 1. The van der Waals surface area contributed by atoms with Crippen LogP contribution in [0.2, 0.25) is 10.0 Å². The Bertz CT molecular complexity index is 1650. The number of hydrogen-bond donors (Lipinski definition) is 1. The molecule has 0 saturated carbocycles. The van der Waals surface area contributed by atoms with Crippen molar-refractivity contribution in [3.63, 3.8) is 0 Å². The Kier molecular flexibility index (Phi) is 7.57. The molecule has 0 fully saturated rings. The molecule has 1 unspecified atom stereocenters. The van der Waals surface area contributed by atoms with E-state index in [1.54, 1.807) is 35.2 Å². The van der Waals surface area contributed by atoms with Gasteiger partial charge in [0.2, 0.25) is 5.88 Å². The minimum Gasteiger partial charge on any atom is -0.494 e. The fraction of sp³-hybridized carbons (Fsp3) is 0.233. The van der Waals surface area contributed by atoms with Crippen LogP contribution in [-0.2, 0) is 11.2 Å². The summed E-state index contributed by atoms with van der Waals surface area (Å²) in [4.78, 5) is 31.8. The van der Waals surface area contributed by atoms with E-state index in [1.807, 2.05) is 19.9 Å². The molecule has 1 aliphatic rings. The van der Waals surface area contributed by atoms with E-state index in [2.05, 4.69) is 10.3 Å². The summed E-state index contributed by atoms with van der Waals surface area (Å²) in [5.74, 6) is -1.37. The van der Waals surface area contributed by atoms with E-state index in [9.17, 15) is 14.0 Å². The molecule has 4 aromatic rings. The number of pyridine rings is 1. The molecule has 5 rings (SSSR count). The smallest absolute Gasteiger partial charge is 0.257 e. The van der Waals surface area contributed by atoms with E-state index in [0.717, 1.165) is 11.1 Å². The van der Waals surface area contributed by atoms with Crippen molar-refractivity contribution in [2.75, 3.05) is 19.5 Å². The lowest BCUT2D eigenvalue weighted by Crippen LogP contribution is -2.18. The van der Waals surface area contributed by atoms with Crippen LogP contribution >= 0.6 is 23.2 Å². The minimum atomic E-state index is -0.729. The van der Waals surface area contributed by atoms with Crippen LogP contribution in [0.3, 0.4) is 0 Å². The molecular weight excluding hydrogens is 556 g/mol. The lowest BCUT2D eigenvalue weighted by molar-refractivity contribution is -0.118. The number of Topliss-reactive ketones (excluding diaryl/α,β-unsaturated/α-hetero) is 1. The maximum atomic E-state index is 14.6. The third-order valence-corrected chi connectivity index (χ3v) is 7.42. The van der Waals surface area contributed by atoms with Crippen LogP contribution in [-0.4, -0.2) is 35.5 Å². The number of nitrogens with zero attached hydrogens (tertiary/aromatic N) is 2. The highest BCUT2D eigenvalue weighted by Gasteiger charge is 2.39. The summed E-state index contributed by atoms with van der Waals surface area (Å²) >= 11 is 12.3. The highest BCUT2D eigenvalue weighted by molar-refractivity contribution is 6.31. The third kappa shape index (κ3) is 4.93. The zero-order chi connectivity index (χ0) is 28.7. The highest BCUT2D eigenvalue weighted by atomic mass is 35.5. The highest BCUT2D eigenvalue weighted by Crippen LogP contribution is 2.44. The third-order valence-electron chi connectivity index (χ3n) is 6.95. The molecule has 1 amide bonds. The van der Waals surface area contributed by atoms with Crippen LogP contribution in [0.1, 0.15) is 58.4 Å². The molecule has 1 N–H and O–H groups in total. The maximum Gasteiger partial charge on any atom is 0.257 e. The van der Waals surface area contributed by atoms with Gasteiger partial charge in [0.05, 0.1) is 37.6 Å². The number of hydrogen-bond acceptors (Lipinski definition) is 5. The first-order valence-corrected chi connectivity index (χ1v) is 13.3. The fourth-order valence-electron chi connectivity index (χ4n) is 5.25. The summed E-state index contributed by atoms with van der Waals surface area (Å²) in [6.45, 7) is 3.94. The van der Waals surface area contributed by atoms with Gasteiger partial charge in [-0.25, -0.2) is 9.37 Å². The summed E-state index contributed by atoms with van der Waals surface area (Å²) < 4.78 is 27.3. The number of aromatic nitrogens is 2. The van der Waals surface area contributed by atoms with E-state index in [1.165, 1.54) is 32.4 Å². The van der Waals surface area contributed by atoms with E-state index < -0.39 is 17.6 Å². The van der Waals surface area contributed by atoms with Crippen LogP contribution in [0.4, 0.5) is 10.1 Å². The van der Waals surface area contributed by atoms with Gasteiger partial charge >= 0.3 is 0 Å². The van der Waals surface area contributed by atoms with Crippen molar-refractivity contribution in [2.24, 2.45) is 0 Å². The van der Waals surface area contributed by atoms with Gasteiger partial charge in [0, 0.05) is 40.0 Å². The van der Waals surface area contributed by atoms with Crippen LogP contribution < -0.4 is 14.8 Å². The first-order valence-electron chi connectivity index (χ1n) is 12.5. The first-order chi connectivity index (χ1) is 19.1. The average molecular weight is 582 g/mol. The van der Waals surface area contributed by atoms with Crippen molar-refractivity contribution in [3.05, 3.63) is 98.7 Å². The molecule has 0 saturated heterocycles. The molecule has 0 radical (unpaired) electrons. The van der Waals surface area contributed by atoms with Crippen molar-refractivity contribution in [3.8, 4) is 17.3 Å². The molecule has 2 aromatic carbocycles. The van der Waals surface area contributed by atoms with Crippen LogP contribution in [0.15, 0.2) is 54.9 Å². The van der Waals surface area contributed by atoms with Gasteiger partial charge in [-0.1, -0.05) is 43.1 Å². The van der Waals surface area contributed by atoms with Crippen LogP contribution in [0, 0.1) is 5.82 Å². The zero-order valence-corrected chi connectivity index (χ0v) is 23.7. The molecule has 1 atom stereocenters. The molecule has 1 aliphatic carbocycles. The second-order valence-corrected chi connectivity index (χ2v) is 10.6. The van der Waals surface area contributed by atoms with E-state index in [-0.39, 0.29) is 34.4 Å². The van der Waals surface area contributed by atoms with Gasteiger partial charge in [-0.2, -0.15) is 0 Å². The second-order valence-electron chi connectivity index (χ2n) is 9.76. The molecule has 0 spiro atoms. The Morgan fingerprint density at radius 3 is 2.52 bits per heavy atom. The number of carbonyl (C=O) groups excluding carboxylic acids is 2. The number of ether oxygens (including phenoxy) is 2. The van der Waals surface area contributed by atoms with Gasteiger partial charge in [-0.15, -0.1) is 0 Å². The zero-order valence-electron chi connectivity index (χ0n) is 22.2. The van der Waals surface area contributed by atoms with Gasteiger partial charge < -0.3 is 19.4 Å². The van der Waals surface area contributed by atoms with Gasteiger partial charge in [0.1, 0.15) is 23.0 Å². The Morgan fingerprint density at radius 2 is 1.82 bits per heavy atom. The summed E-state index contributed by atoms with van der Waals surface area (Å²) in [6, 6.07) is 10.9.